The third-order valence-corrected chi connectivity index (χ3v) is 6.96. The van der Waals surface area contributed by atoms with Gasteiger partial charge in [-0.15, -0.1) is 11.8 Å². The van der Waals surface area contributed by atoms with Crippen molar-refractivity contribution >= 4 is 45.0 Å². The van der Waals surface area contributed by atoms with E-state index >= 15 is 0 Å². The largest absolute Gasteiger partial charge is 0.495 e. The molecule has 3 rings (SSSR count). The number of carbonyl (C=O) groups is 2. The average molecular weight is 422 g/mol. The van der Waals surface area contributed by atoms with Crippen molar-refractivity contribution in [3.05, 3.63) is 42.0 Å². The molecule has 0 atom stereocenters. The van der Waals surface area contributed by atoms with Crippen LogP contribution in [0, 0.1) is 0 Å². The summed E-state index contributed by atoms with van der Waals surface area (Å²) in [6.07, 6.45) is 0. The molecular formula is C18H19N3O5S2. The first kappa shape index (κ1) is 20.2. The topological polar surface area (TPSA) is 105 Å². The number of anilines is 2. The van der Waals surface area contributed by atoms with E-state index in [2.05, 4.69) is 10.6 Å². The lowest BCUT2D eigenvalue weighted by atomic mass is 10.2. The number of rotatable bonds is 5. The second-order valence-corrected chi connectivity index (χ2v) is 9.29. The Morgan fingerprint density at radius 3 is 2.64 bits per heavy atom. The van der Waals surface area contributed by atoms with Gasteiger partial charge < -0.3 is 15.4 Å². The fourth-order valence-corrected chi connectivity index (χ4v) is 4.44. The number of benzene rings is 2. The van der Waals surface area contributed by atoms with E-state index in [4.69, 9.17) is 4.74 Å². The van der Waals surface area contributed by atoms with E-state index in [0.29, 0.717) is 17.1 Å². The Bertz CT molecular complexity index is 1050. The summed E-state index contributed by atoms with van der Waals surface area (Å²) in [4.78, 5) is 25.0. The normalized spacial score (nSPS) is 13.6. The number of hydrogen-bond donors (Lipinski definition) is 2. The number of sulfonamides is 1. The molecule has 1 heterocycles. The molecular weight excluding hydrogens is 402 g/mol. The number of carbonyl (C=O) groups excluding carboxylic acids is 2. The van der Waals surface area contributed by atoms with Crippen LogP contribution in [0.25, 0.3) is 0 Å². The summed E-state index contributed by atoms with van der Waals surface area (Å²) in [5.41, 5.74) is 1.28. The monoisotopic (exact) mass is 421 g/mol. The van der Waals surface area contributed by atoms with E-state index in [1.165, 1.54) is 51.2 Å². The summed E-state index contributed by atoms with van der Waals surface area (Å²) in [5, 5.41) is 5.48. The highest BCUT2D eigenvalue weighted by Gasteiger charge is 2.24. The van der Waals surface area contributed by atoms with Crippen molar-refractivity contribution in [1.29, 1.82) is 0 Å². The molecule has 2 aromatic rings. The van der Waals surface area contributed by atoms with Crippen molar-refractivity contribution < 1.29 is 22.7 Å². The van der Waals surface area contributed by atoms with Crippen LogP contribution in [-0.2, 0) is 14.8 Å². The van der Waals surface area contributed by atoms with Crippen molar-refractivity contribution in [3.8, 4) is 5.75 Å². The van der Waals surface area contributed by atoms with Gasteiger partial charge >= 0.3 is 0 Å². The van der Waals surface area contributed by atoms with Gasteiger partial charge in [-0.3, -0.25) is 9.59 Å². The predicted octanol–water partition coefficient (Wildman–Crippen LogP) is 2.24. The highest BCUT2D eigenvalue weighted by atomic mass is 32.2. The number of fused-ring (bicyclic) bond motifs is 1. The maximum atomic E-state index is 12.6. The van der Waals surface area contributed by atoms with Crippen LogP contribution < -0.4 is 15.4 Å². The Labute approximate surface area is 167 Å². The summed E-state index contributed by atoms with van der Waals surface area (Å²) in [6, 6.07) is 9.40. The molecule has 0 fully saturated rings. The number of nitrogens with zero attached hydrogens (tertiary/aromatic N) is 1. The lowest BCUT2D eigenvalue weighted by Crippen LogP contribution is -2.23. The van der Waals surface area contributed by atoms with Crippen LogP contribution in [0.15, 0.2) is 46.2 Å². The maximum Gasteiger partial charge on any atom is 0.255 e. The van der Waals surface area contributed by atoms with Gasteiger partial charge in [-0.25, -0.2) is 12.7 Å². The maximum absolute atomic E-state index is 12.6. The summed E-state index contributed by atoms with van der Waals surface area (Å²) in [6.45, 7) is 0. The van der Waals surface area contributed by atoms with Gasteiger partial charge in [0.15, 0.2) is 0 Å². The van der Waals surface area contributed by atoms with E-state index < -0.39 is 15.9 Å². The van der Waals surface area contributed by atoms with E-state index in [-0.39, 0.29) is 22.1 Å². The lowest BCUT2D eigenvalue weighted by molar-refractivity contribution is -0.113. The average Bonchev–Trinajstić information content (AvgIpc) is 2.66. The lowest BCUT2D eigenvalue weighted by Gasteiger charge is -2.18. The number of amides is 2. The van der Waals surface area contributed by atoms with Crippen molar-refractivity contribution in [2.75, 3.05) is 37.6 Å². The fourth-order valence-electron chi connectivity index (χ4n) is 2.58. The fraction of sp³-hybridized carbons (Fsp3) is 0.222. The van der Waals surface area contributed by atoms with Gasteiger partial charge in [-0.05, 0) is 36.4 Å². The molecule has 0 saturated carbocycles. The van der Waals surface area contributed by atoms with Gasteiger partial charge in [-0.1, -0.05) is 0 Å². The van der Waals surface area contributed by atoms with E-state index in [1.54, 1.807) is 12.1 Å². The standard InChI is InChI=1S/C18H19N3O5S2/c1-21(2)28(24,25)16-8-11(4-6-14(16)26-3)18(23)19-12-5-7-15-13(9-12)20-17(22)10-27-15/h4-9H,10H2,1-3H3,(H,19,23)(H,20,22). The van der Waals surface area contributed by atoms with Gasteiger partial charge in [0.05, 0.1) is 18.6 Å². The number of ether oxygens (including phenoxy) is 1. The smallest absolute Gasteiger partial charge is 0.255 e. The molecule has 8 nitrogen and oxygen atoms in total. The van der Waals surface area contributed by atoms with Crippen molar-refractivity contribution in [2.45, 2.75) is 9.79 Å². The van der Waals surface area contributed by atoms with Crippen LogP contribution in [0.5, 0.6) is 5.75 Å². The molecule has 0 saturated heterocycles. The SMILES string of the molecule is COc1ccc(C(=O)Nc2ccc3c(c2)NC(=O)CS3)cc1S(=O)(=O)N(C)C. The number of methoxy groups -OCH3 is 1. The number of nitrogens with one attached hydrogen (secondary N) is 2. The van der Waals surface area contributed by atoms with Crippen molar-refractivity contribution in [1.82, 2.24) is 4.31 Å². The van der Waals surface area contributed by atoms with Crippen LogP contribution in [-0.4, -0.2) is 51.5 Å². The Balaban J connectivity index is 1.89. The molecule has 148 valence electrons. The summed E-state index contributed by atoms with van der Waals surface area (Å²) >= 11 is 1.42. The highest BCUT2D eigenvalue weighted by Crippen LogP contribution is 2.33. The Kier molecular flexibility index (Phi) is 5.64. The molecule has 0 aliphatic carbocycles. The molecule has 0 bridgehead atoms. The second-order valence-electron chi connectivity index (χ2n) is 6.15. The van der Waals surface area contributed by atoms with Crippen LogP contribution in [0.2, 0.25) is 0 Å². The first-order valence-corrected chi connectivity index (χ1v) is 10.6. The van der Waals surface area contributed by atoms with Crippen LogP contribution in [0.4, 0.5) is 11.4 Å². The molecule has 0 radical (unpaired) electrons. The first-order valence-electron chi connectivity index (χ1n) is 8.21. The summed E-state index contributed by atoms with van der Waals surface area (Å²) in [7, 11) is 0.383. The molecule has 0 aromatic heterocycles. The second kappa shape index (κ2) is 7.82. The molecule has 2 aromatic carbocycles. The Morgan fingerprint density at radius 2 is 1.96 bits per heavy atom. The highest BCUT2D eigenvalue weighted by molar-refractivity contribution is 8.00. The molecule has 10 heteroatoms. The minimum absolute atomic E-state index is 0.0956. The van der Waals surface area contributed by atoms with Crippen LogP contribution >= 0.6 is 11.8 Å². The molecule has 1 aliphatic heterocycles. The Morgan fingerprint density at radius 1 is 1.21 bits per heavy atom. The quantitative estimate of drug-likeness (QED) is 0.767. The van der Waals surface area contributed by atoms with Crippen LogP contribution in [0.1, 0.15) is 10.4 Å². The summed E-state index contributed by atoms with van der Waals surface area (Å²) < 4.78 is 31.2. The zero-order valence-corrected chi connectivity index (χ0v) is 17.1. The van der Waals surface area contributed by atoms with Gasteiger partial charge in [-0.2, -0.15) is 0 Å². The predicted molar refractivity (Wildman–Crippen MR) is 108 cm³/mol. The molecule has 2 amide bonds. The van der Waals surface area contributed by atoms with E-state index in [1.807, 2.05) is 6.07 Å². The first-order chi connectivity index (χ1) is 13.2. The van der Waals surface area contributed by atoms with Crippen LogP contribution in [0.3, 0.4) is 0 Å². The van der Waals surface area contributed by atoms with Gasteiger partial charge in [0.1, 0.15) is 10.6 Å². The minimum Gasteiger partial charge on any atom is -0.495 e. The van der Waals surface area contributed by atoms with Crippen molar-refractivity contribution in [2.24, 2.45) is 0 Å². The van der Waals surface area contributed by atoms with Gasteiger partial charge in [0.2, 0.25) is 15.9 Å². The van der Waals surface area contributed by atoms with Gasteiger partial charge in [0.25, 0.3) is 5.91 Å². The minimum atomic E-state index is -3.79. The van der Waals surface area contributed by atoms with E-state index in [9.17, 15) is 18.0 Å². The third kappa shape index (κ3) is 3.98. The van der Waals surface area contributed by atoms with Crippen molar-refractivity contribution in [3.63, 3.8) is 0 Å². The number of thioether (sulfide) groups is 1. The zero-order valence-electron chi connectivity index (χ0n) is 15.5. The molecule has 1 aliphatic rings. The van der Waals surface area contributed by atoms with Gasteiger partial charge in [0, 0.05) is 30.2 Å². The number of hydrogen-bond acceptors (Lipinski definition) is 6. The zero-order chi connectivity index (χ0) is 20.5. The molecule has 28 heavy (non-hydrogen) atoms. The molecule has 0 unspecified atom stereocenters. The van der Waals surface area contributed by atoms with E-state index in [0.717, 1.165) is 9.20 Å². The third-order valence-electron chi connectivity index (χ3n) is 4.05. The Hall–Kier alpha value is -2.56. The molecule has 2 N–H and O–H groups in total. The summed E-state index contributed by atoms with van der Waals surface area (Å²) in [5.74, 6) is -0.0748. The molecule has 0 spiro atoms.